The van der Waals surface area contributed by atoms with Gasteiger partial charge in [0.2, 0.25) is 11.8 Å². The van der Waals surface area contributed by atoms with Crippen molar-refractivity contribution in [2.24, 2.45) is 0 Å². The molecule has 1 N–H and O–H groups in total. The highest BCUT2D eigenvalue weighted by molar-refractivity contribution is 8.01. The summed E-state index contributed by atoms with van der Waals surface area (Å²) in [6, 6.07) is 0. The summed E-state index contributed by atoms with van der Waals surface area (Å²) >= 11 is 1.53. The Morgan fingerprint density at radius 3 is 2.57 bits per heavy atom. The SMILES string of the molecule is CCCCC(C)SC(C=O)CC(=O)N(C)CCC(=O)NCC=O. The van der Waals surface area contributed by atoms with Crippen LogP contribution in [0.4, 0.5) is 0 Å². The largest absolute Gasteiger partial charge is 0.349 e. The maximum absolute atomic E-state index is 12.1. The van der Waals surface area contributed by atoms with Gasteiger partial charge in [0.05, 0.1) is 11.8 Å². The van der Waals surface area contributed by atoms with Crippen LogP contribution >= 0.6 is 11.8 Å². The van der Waals surface area contributed by atoms with Gasteiger partial charge in [0, 0.05) is 31.7 Å². The quantitative estimate of drug-likeness (QED) is 0.511. The van der Waals surface area contributed by atoms with Gasteiger partial charge in [-0.25, -0.2) is 0 Å². The lowest BCUT2D eigenvalue weighted by Crippen LogP contribution is -2.34. The van der Waals surface area contributed by atoms with Crippen LogP contribution in [0.3, 0.4) is 0 Å². The van der Waals surface area contributed by atoms with E-state index in [1.807, 2.05) is 0 Å². The minimum absolute atomic E-state index is 0.0179. The van der Waals surface area contributed by atoms with E-state index in [0.29, 0.717) is 11.5 Å². The molecule has 132 valence electrons. The number of unbranched alkanes of at least 4 members (excludes halogenated alkanes) is 1. The topological polar surface area (TPSA) is 83.6 Å². The molecule has 23 heavy (non-hydrogen) atoms. The Kier molecular flexibility index (Phi) is 12.3. The lowest BCUT2D eigenvalue weighted by Gasteiger charge is -2.20. The predicted octanol–water partition coefficient (Wildman–Crippen LogP) is 1.42. The summed E-state index contributed by atoms with van der Waals surface area (Å²) < 4.78 is 0. The van der Waals surface area contributed by atoms with Gasteiger partial charge in [-0.3, -0.25) is 9.59 Å². The first-order valence-electron chi connectivity index (χ1n) is 7.99. The van der Waals surface area contributed by atoms with Crippen LogP contribution in [0.25, 0.3) is 0 Å². The molecule has 0 aliphatic rings. The summed E-state index contributed by atoms with van der Waals surface area (Å²) in [7, 11) is 1.61. The van der Waals surface area contributed by atoms with E-state index < -0.39 is 0 Å². The van der Waals surface area contributed by atoms with Crippen molar-refractivity contribution in [1.29, 1.82) is 0 Å². The van der Waals surface area contributed by atoms with Crippen molar-refractivity contribution < 1.29 is 19.2 Å². The Bertz CT molecular complexity index is 390. The lowest BCUT2D eigenvalue weighted by atomic mass is 10.2. The second-order valence-corrected chi connectivity index (χ2v) is 7.19. The fourth-order valence-electron chi connectivity index (χ4n) is 1.95. The standard InChI is InChI=1S/C16H28N2O4S/c1-4-5-6-13(2)23-14(12-20)11-16(22)18(3)9-7-15(21)17-8-10-19/h10,12-14H,4-9,11H2,1-3H3,(H,17,21). The van der Waals surface area contributed by atoms with E-state index in [-0.39, 0.29) is 43.0 Å². The van der Waals surface area contributed by atoms with Crippen molar-refractivity contribution >= 4 is 36.1 Å². The molecule has 0 saturated carbocycles. The number of thioether (sulfide) groups is 1. The number of nitrogens with one attached hydrogen (secondary N) is 1. The van der Waals surface area contributed by atoms with Gasteiger partial charge in [-0.2, -0.15) is 0 Å². The molecular weight excluding hydrogens is 316 g/mol. The van der Waals surface area contributed by atoms with Crippen molar-refractivity contribution in [2.45, 2.75) is 56.5 Å². The summed E-state index contributed by atoms with van der Waals surface area (Å²) in [6.07, 6.45) is 4.99. The highest BCUT2D eigenvalue weighted by Gasteiger charge is 2.19. The molecule has 0 aliphatic carbocycles. The second kappa shape index (κ2) is 13.1. The molecule has 0 aromatic rings. The Balaban J connectivity index is 4.17. The van der Waals surface area contributed by atoms with Gasteiger partial charge in [-0.15, -0.1) is 11.8 Å². The minimum Gasteiger partial charge on any atom is -0.349 e. The van der Waals surface area contributed by atoms with Crippen LogP contribution in [0.15, 0.2) is 0 Å². The molecule has 0 bridgehead atoms. The first-order chi connectivity index (χ1) is 10.9. The first kappa shape index (κ1) is 21.6. The van der Waals surface area contributed by atoms with Crippen LogP contribution in [0.5, 0.6) is 0 Å². The number of carbonyl (C=O) groups excluding carboxylic acids is 4. The fraction of sp³-hybridized carbons (Fsp3) is 0.750. The normalized spacial score (nSPS) is 13.0. The molecule has 2 amide bonds. The average molecular weight is 344 g/mol. The van der Waals surface area contributed by atoms with Crippen molar-refractivity contribution in [3.63, 3.8) is 0 Å². The molecule has 0 aromatic heterocycles. The zero-order chi connectivity index (χ0) is 17.7. The maximum Gasteiger partial charge on any atom is 0.223 e. The third-order valence-electron chi connectivity index (χ3n) is 3.38. The molecule has 0 heterocycles. The molecule has 0 fully saturated rings. The molecular formula is C16H28N2O4S. The Morgan fingerprint density at radius 1 is 1.30 bits per heavy atom. The minimum atomic E-state index is -0.347. The van der Waals surface area contributed by atoms with Crippen molar-refractivity contribution in [3.8, 4) is 0 Å². The van der Waals surface area contributed by atoms with E-state index in [4.69, 9.17) is 0 Å². The van der Waals surface area contributed by atoms with Gasteiger partial charge in [0.1, 0.15) is 12.6 Å². The van der Waals surface area contributed by atoms with Crippen LogP contribution in [0, 0.1) is 0 Å². The van der Waals surface area contributed by atoms with Gasteiger partial charge in [0.25, 0.3) is 0 Å². The summed E-state index contributed by atoms with van der Waals surface area (Å²) in [5.74, 6) is -0.424. The first-order valence-corrected chi connectivity index (χ1v) is 8.93. The number of amides is 2. The molecule has 0 saturated heterocycles. The molecule has 7 heteroatoms. The van der Waals surface area contributed by atoms with Gasteiger partial charge in [-0.1, -0.05) is 26.7 Å². The van der Waals surface area contributed by atoms with Crippen LogP contribution < -0.4 is 5.32 Å². The van der Waals surface area contributed by atoms with Gasteiger partial charge >= 0.3 is 0 Å². The summed E-state index contributed by atoms with van der Waals surface area (Å²) in [4.78, 5) is 46.3. The van der Waals surface area contributed by atoms with E-state index in [0.717, 1.165) is 25.5 Å². The smallest absolute Gasteiger partial charge is 0.223 e. The molecule has 0 aliphatic heterocycles. The number of aldehydes is 2. The molecule has 0 radical (unpaired) electrons. The van der Waals surface area contributed by atoms with E-state index in [9.17, 15) is 19.2 Å². The third-order valence-corrected chi connectivity index (χ3v) is 4.71. The number of nitrogens with zero attached hydrogens (tertiary/aromatic N) is 1. The summed E-state index contributed by atoms with van der Waals surface area (Å²) in [5, 5.41) is 2.42. The van der Waals surface area contributed by atoms with E-state index in [1.165, 1.54) is 16.7 Å². The molecule has 0 rings (SSSR count). The van der Waals surface area contributed by atoms with Gasteiger partial charge < -0.3 is 19.8 Å². The van der Waals surface area contributed by atoms with Crippen LogP contribution in [-0.4, -0.2) is 59.9 Å². The zero-order valence-corrected chi connectivity index (χ0v) is 15.1. The molecule has 6 nitrogen and oxygen atoms in total. The van der Waals surface area contributed by atoms with Crippen molar-refractivity contribution in [3.05, 3.63) is 0 Å². The number of hydrogen-bond acceptors (Lipinski definition) is 5. The van der Waals surface area contributed by atoms with Gasteiger partial charge in [-0.05, 0) is 6.42 Å². The fourth-order valence-corrected chi connectivity index (χ4v) is 3.15. The summed E-state index contributed by atoms with van der Waals surface area (Å²) in [6.45, 7) is 4.45. The molecule has 2 unspecified atom stereocenters. The van der Waals surface area contributed by atoms with Crippen molar-refractivity contribution in [1.82, 2.24) is 10.2 Å². The highest BCUT2D eigenvalue weighted by Crippen LogP contribution is 2.23. The average Bonchev–Trinajstić information content (AvgIpc) is 2.54. The molecule has 0 spiro atoms. The lowest BCUT2D eigenvalue weighted by molar-refractivity contribution is -0.131. The molecule has 0 aromatic carbocycles. The van der Waals surface area contributed by atoms with Gasteiger partial charge in [0.15, 0.2) is 0 Å². The Morgan fingerprint density at radius 2 is 2.00 bits per heavy atom. The van der Waals surface area contributed by atoms with E-state index in [1.54, 1.807) is 7.05 Å². The summed E-state index contributed by atoms with van der Waals surface area (Å²) in [5.41, 5.74) is 0. The van der Waals surface area contributed by atoms with Crippen LogP contribution in [0.2, 0.25) is 0 Å². The Hall–Kier alpha value is -1.37. The maximum atomic E-state index is 12.1. The van der Waals surface area contributed by atoms with E-state index in [2.05, 4.69) is 19.2 Å². The predicted molar refractivity (Wildman–Crippen MR) is 92.4 cm³/mol. The van der Waals surface area contributed by atoms with E-state index >= 15 is 0 Å². The van der Waals surface area contributed by atoms with Crippen LogP contribution in [0.1, 0.15) is 46.0 Å². The van der Waals surface area contributed by atoms with Crippen LogP contribution in [-0.2, 0) is 19.2 Å². The number of hydrogen-bond donors (Lipinski definition) is 1. The number of carbonyl (C=O) groups is 4. The molecule has 2 atom stereocenters. The van der Waals surface area contributed by atoms with Crippen molar-refractivity contribution in [2.75, 3.05) is 20.1 Å². The Labute approximate surface area is 142 Å². The highest BCUT2D eigenvalue weighted by atomic mass is 32.2. The zero-order valence-electron chi connectivity index (χ0n) is 14.2. The second-order valence-electron chi connectivity index (χ2n) is 5.50. The monoisotopic (exact) mass is 344 g/mol. The third kappa shape index (κ3) is 10.9. The number of rotatable bonds is 13.